The van der Waals surface area contributed by atoms with Gasteiger partial charge in [0.05, 0.1) is 11.3 Å². The van der Waals surface area contributed by atoms with Gasteiger partial charge in [-0.05, 0) is 48.7 Å². The van der Waals surface area contributed by atoms with Crippen molar-refractivity contribution < 1.29 is 4.79 Å². The summed E-state index contributed by atoms with van der Waals surface area (Å²) >= 11 is 1.50. The van der Waals surface area contributed by atoms with Gasteiger partial charge in [0, 0.05) is 11.1 Å². The molecule has 1 heterocycles. The van der Waals surface area contributed by atoms with Crippen molar-refractivity contribution in [2.45, 2.75) is 25.3 Å². The summed E-state index contributed by atoms with van der Waals surface area (Å²) in [7, 11) is 0. The van der Waals surface area contributed by atoms with E-state index in [-0.39, 0.29) is 5.91 Å². The van der Waals surface area contributed by atoms with Crippen LogP contribution in [-0.2, 0) is 11.2 Å². The number of nitrogens with one attached hydrogen (secondary N) is 1. The molecule has 122 valence electrons. The average molecular weight is 336 g/mol. The van der Waals surface area contributed by atoms with Crippen LogP contribution in [0.5, 0.6) is 0 Å². The lowest BCUT2D eigenvalue weighted by Gasteiger charge is -2.10. The van der Waals surface area contributed by atoms with Crippen molar-refractivity contribution in [3.05, 3.63) is 65.7 Å². The molecule has 0 spiro atoms. The Balaban J connectivity index is 1.75. The van der Waals surface area contributed by atoms with Crippen LogP contribution in [0.4, 0.5) is 5.69 Å². The van der Waals surface area contributed by atoms with Crippen LogP contribution in [0.25, 0.3) is 10.9 Å². The highest BCUT2D eigenvalue weighted by atomic mass is 32.2. The van der Waals surface area contributed by atoms with Crippen LogP contribution >= 0.6 is 11.8 Å². The van der Waals surface area contributed by atoms with Crippen LogP contribution in [-0.4, -0.2) is 16.6 Å². The first kappa shape index (κ1) is 16.5. The van der Waals surface area contributed by atoms with Crippen LogP contribution in [0.15, 0.2) is 59.6 Å². The lowest BCUT2D eigenvalue weighted by molar-refractivity contribution is -0.113. The minimum atomic E-state index is -0.0145. The number of benzene rings is 2. The van der Waals surface area contributed by atoms with Gasteiger partial charge < -0.3 is 5.32 Å². The lowest BCUT2D eigenvalue weighted by atomic mass is 10.1. The van der Waals surface area contributed by atoms with Crippen molar-refractivity contribution in [3.8, 4) is 0 Å². The number of amides is 1. The Morgan fingerprint density at radius 2 is 1.92 bits per heavy atom. The molecule has 24 heavy (non-hydrogen) atoms. The maximum Gasteiger partial charge on any atom is 0.234 e. The molecule has 0 aliphatic heterocycles. The topological polar surface area (TPSA) is 42.0 Å². The fourth-order valence-corrected chi connectivity index (χ4v) is 3.43. The molecular formula is C20H20N2OS. The van der Waals surface area contributed by atoms with Crippen molar-refractivity contribution in [1.29, 1.82) is 0 Å². The Hall–Kier alpha value is -2.33. The van der Waals surface area contributed by atoms with Gasteiger partial charge in [0.2, 0.25) is 5.91 Å². The van der Waals surface area contributed by atoms with E-state index in [1.54, 1.807) is 0 Å². The maximum atomic E-state index is 12.1. The summed E-state index contributed by atoms with van der Waals surface area (Å²) in [6.45, 7) is 4.18. The van der Waals surface area contributed by atoms with Crippen molar-refractivity contribution >= 4 is 34.3 Å². The van der Waals surface area contributed by atoms with Crippen molar-refractivity contribution in [2.75, 3.05) is 11.1 Å². The minimum absolute atomic E-state index is 0.0145. The van der Waals surface area contributed by atoms with Crippen LogP contribution in [0.2, 0.25) is 0 Å². The number of rotatable bonds is 5. The van der Waals surface area contributed by atoms with Crippen LogP contribution in [0.3, 0.4) is 0 Å². The first-order valence-corrected chi connectivity index (χ1v) is 9.02. The number of carbonyl (C=O) groups is 1. The fraction of sp³-hybridized carbons (Fsp3) is 0.200. The Labute approximate surface area is 146 Å². The molecule has 0 saturated heterocycles. The molecule has 0 radical (unpaired) electrons. The number of thioether (sulfide) groups is 1. The largest absolute Gasteiger partial charge is 0.325 e. The fourth-order valence-electron chi connectivity index (χ4n) is 2.53. The molecule has 0 aliphatic carbocycles. The van der Waals surface area contributed by atoms with Gasteiger partial charge in [-0.15, -0.1) is 0 Å². The third-order valence-electron chi connectivity index (χ3n) is 3.79. The molecule has 4 heteroatoms. The summed E-state index contributed by atoms with van der Waals surface area (Å²) in [4.78, 5) is 16.9. The number of para-hydroxylation sites is 1. The molecule has 0 unspecified atom stereocenters. The number of nitrogens with zero attached hydrogens (tertiary/aromatic N) is 1. The van der Waals surface area contributed by atoms with E-state index in [1.807, 2.05) is 30.3 Å². The van der Waals surface area contributed by atoms with E-state index in [0.29, 0.717) is 5.75 Å². The number of carbonyl (C=O) groups excluding carboxylic acids is 1. The van der Waals surface area contributed by atoms with Crippen LogP contribution in [0, 0.1) is 6.92 Å². The monoisotopic (exact) mass is 336 g/mol. The number of pyridine rings is 1. The zero-order chi connectivity index (χ0) is 16.9. The zero-order valence-electron chi connectivity index (χ0n) is 13.9. The Kier molecular flexibility index (Phi) is 5.16. The molecule has 0 atom stereocenters. The number of hydrogen-bond acceptors (Lipinski definition) is 3. The Morgan fingerprint density at radius 3 is 2.67 bits per heavy atom. The second kappa shape index (κ2) is 7.49. The lowest BCUT2D eigenvalue weighted by Crippen LogP contribution is -2.14. The summed E-state index contributed by atoms with van der Waals surface area (Å²) in [5, 5.41) is 5.00. The Morgan fingerprint density at radius 1 is 1.12 bits per heavy atom. The number of hydrogen-bond donors (Lipinski definition) is 1. The standard InChI is InChI=1S/C20H20N2OS/c1-3-15-12-16-10-9-14(2)11-18(16)22-20(15)24-13-19(23)21-17-7-5-4-6-8-17/h4-12H,3,13H2,1-2H3,(H,21,23). The predicted octanol–water partition coefficient (Wildman–Crippen LogP) is 4.84. The average Bonchev–Trinajstić information content (AvgIpc) is 2.60. The number of aromatic nitrogens is 1. The molecule has 1 N–H and O–H groups in total. The summed E-state index contributed by atoms with van der Waals surface area (Å²) in [6.07, 6.45) is 0.902. The van der Waals surface area contributed by atoms with E-state index in [0.717, 1.165) is 28.0 Å². The van der Waals surface area contributed by atoms with Gasteiger partial charge in [0.1, 0.15) is 5.03 Å². The highest BCUT2D eigenvalue weighted by Crippen LogP contribution is 2.26. The second-order valence-corrected chi connectivity index (χ2v) is 6.67. The van der Waals surface area contributed by atoms with E-state index in [4.69, 9.17) is 4.98 Å². The molecule has 3 nitrogen and oxygen atoms in total. The number of aryl methyl sites for hydroxylation is 2. The van der Waals surface area contributed by atoms with Gasteiger partial charge in [-0.25, -0.2) is 4.98 Å². The number of fused-ring (bicyclic) bond motifs is 1. The molecule has 0 bridgehead atoms. The minimum Gasteiger partial charge on any atom is -0.325 e. The molecule has 2 aromatic carbocycles. The van der Waals surface area contributed by atoms with Crippen LogP contribution < -0.4 is 5.32 Å². The molecule has 0 fully saturated rings. The maximum absolute atomic E-state index is 12.1. The molecule has 3 aromatic rings. The molecule has 1 aromatic heterocycles. The molecule has 3 rings (SSSR count). The predicted molar refractivity (Wildman–Crippen MR) is 102 cm³/mol. The first-order chi connectivity index (χ1) is 11.7. The van der Waals surface area contributed by atoms with Gasteiger partial charge >= 0.3 is 0 Å². The SMILES string of the molecule is CCc1cc2ccc(C)cc2nc1SCC(=O)Nc1ccccc1. The third-order valence-corrected chi connectivity index (χ3v) is 4.82. The van der Waals surface area contributed by atoms with Gasteiger partial charge in [-0.1, -0.05) is 49.0 Å². The van der Waals surface area contributed by atoms with Gasteiger partial charge in [-0.2, -0.15) is 0 Å². The van der Waals surface area contributed by atoms with Gasteiger partial charge in [0.15, 0.2) is 0 Å². The molecular weight excluding hydrogens is 316 g/mol. The summed E-state index contributed by atoms with van der Waals surface area (Å²) < 4.78 is 0. The van der Waals surface area contributed by atoms with E-state index in [1.165, 1.54) is 22.9 Å². The van der Waals surface area contributed by atoms with Crippen molar-refractivity contribution in [2.24, 2.45) is 0 Å². The first-order valence-electron chi connectivity index (χ1n) is 8.03. The van der Waals surface area contributed by atoms with Crippen LogP contribution in [0.1, 0.15) is 18.1 Å². The van der Waals surface area contributed by atoms with Crippen molar-refractivity contribution in [3.63, 3.8) is 0 Å². The van der Waals surface area contributed by atoms with E-state index < -0.39 is 0 Å². The normalized spacial score (nSPS) is 10.8. The molecule has 0 aliphatic rings. The van der Waals surface area contributed by atoms with Gasteiger partial charge in [0.25, 0.3) is 0 Å². The second-order valence-electron chi connectivity index (χ2n) is 5.71. The molecule has 1 amide bonds. The molecule has 0 saturated carbocycles. The Bertz CT molecular complexity index is 862. The van der Waals surface area contributed by atoms with E-state index >= 15 is 0 Å². The summed E-state index contributed by atoms with van der Waals surface area (Å²) in [5.41, 5.74) is 4.18. The number of anilines is 1. The third kappa shape index (κ3) is 3.95. The summed E-state index contributed by atoms with van der Waals surface area (Å²) in [6, 6.07) is 18.0. The highest BCUT2D eigenvalue weighted by molar-refractivity contribution is 8.00. The zero-order valence-corrected chi connectivity index (χ0v) is 14.7. The quantitative estimate of drug-likeness (QED) is 0.678. The highest BCUT2D eigenvalue weighted by Gasteiger charge is 2.10. The van der Waals surface area contributed by atoms with Crippen molar-refractivity contribution in [1.82, 2.24) is 4.98 Å². The van der Waals surface area contributed by atoms with E-state index in [2.05, 4.69) is 43.4 Å². The van der Waals surface area contributed by atoms with Gasteiger partial charge in [-0.3, -0.25) is 4.79 Å². The smallest absolute Gasteiger partial charge is 0.234 e. The van der Waals surface area contributed by atoms with E-state index in [9.17, 15) is 4.79 Å². The summed E-state index contributed by atoms with van der Waals surface area (Å²) in [5.74, 6) is 0.339.